The average Bonchev–Trinajstić information content (AvgIpc) is 2.85. The van der Waals surface area contributed by atoms with Gasteiger partial charge in [0.15, 0.2) is 0 Å². The molecule has 1 heteroatoms. The van der Waals surface area contributed by atoms with E-state index >= 15 is 0 Å². The van der Waals surface area contributed by atoms with Gasteiger partial charge in [-0.3, -0.25) is 0 Å². The van der Waals surface area contributed by atoms with Crippen molar-refractivity contribution in [3.63, 3.8) is 0 Å². The van der Waals surface area contributed by atoms with Crippen molar-refractivity contribution in [1.82, 2.24) is 0 Å². The van der Waals surface area contributed by atoms with E-state index in [1.54, 1.807) is 6.08 Å². The molecule has 0 unspecified atom stereocenters. The second-order valence-electron chi connectivity index (χ2n) is 7.38. The van der Waals surface area contributed by atoms with Crippen molar-refractivity contribution in [1.29, 1.82) is 0 Å². The molecule has 0 N–H and O–H groups in total. The first-order chi connectivity index (χ1) is 15.7. The molecular formula is C31H31N. The van der Waals surface area contributed by atoms with Gasteiger partial charge in [0.05, 0.1) is 0 Å². The second-order valence-corrected chi connectivity index (χ2v) is 7.38. The Morgan fingerprint density at radius 1 is 0.750 bits per heavy atom. The highest BCUT2D eigenvalue weighted by Crippen LogP contribution is 2.35. The molecule has 160 valence electrons. The first-order valence-corrected chi connectivity index (χ1v) is 11.1. The zero-order chi connectivity index (χ0) is 22.8. The molecular weight excluding hydrogens is 386 g/mol. The Kier molecular flexibility index (Phi) is 8.22. The molecule has 0 fully saturated rings. The summed E-state index contributed by atoms with van der Waals surface area (Å²) >= 11 is 0. The van der Waals surface area contributed by atoms with E-state index in [0.717, 1.165) is 23.5 Å². The number of hydrogen-bond acceptors (Lipinski definition) is 1. The first-order valence-electron chi connectivity index (χ1n) is 11.1. The Morgan fingerprint density at radius 2 is 1.28 bits per heavy atom. The SMILES string of the molecule is C=C/C=C\C(=C/C)c1ccc(N(c2ccccc2)c2ccc(/C(C=C)=C/CC)cc2)cc1. The fourth-order valence-corrected chi connectivity index (χ4v) is 3.70. The van der Waals surface area contributed by atoms with Crippen molar-refractivity contribution >= 4 is 28.2 Å². The molecule has 32 heavy (non-hydrogen) atoms. The van der Waals surface area contributed by atoms with Crippen molar-refractivity contribution in [3.8, 4) is 0 Å². The third-order valence-corrected chi connectivity index (χ3v) is 5.30. The van der Waals surface area contributed by atoms with Crippen molar-refractivity contribution in [2.75, 3.05) is 4.90 Å². The van der Waals surface area contributed by atoms with Gasteiger partial charge in [0.2, 0.25) is 0 Å². The summed E-state index contributed by atoms with van der Waals surface area (Å²) in [5.41, 5.74) is 8.06. The Bertz CT molecular complexity index is 1110. The molecule has 0 heterocycles. The summed E-state index contributed by atoms with van der Waals surface area (Å²) in [6.45, 7) is 11.9. The molecule has 0 atom stereocenters. The van der Waals surface area contributed by atoms with Gasteiger partial charge >= 0.3 is 0 Å². The number of anilines is 3. The molecule has 0 aliphatic rings. The van der Waals surface area contributed by atoms with E-state index < -0.39 is 0 Å². The van der Waals surface area contributed by atoms with Gasteiger partial charge in [-0.25, -0.2) is 0 Å². The summed E-state index contributed by atoms with van der Waals surface area (Å²) in [7, 11) is 0. The fraction of sp³-hybridized carbons (Fsp3) is 0.0968. The highest BCUT2D eigenvalue weighted by molar-refractivity contribution is 5.81. The van der Waals surface area contributed by atoms with Gasteiger partial charge in [0.1, 0.15) is 0 Å². The van der Waals surface area contributed by atoms with Crippen LogP contribution in [0.4, 0.5) is 17.1 Å². The third-order valence-electron chi connectivity index (χ3n) is 5.30. The lowest BCUT2D eigenvalue weighted by atomic mass is 10.0. The first kappa shape index (κ1) is 22.8. The summed E-state index contributed by atoms with van der Waals surface area (Å²) in [6.07, 6.45) is 13.1. The highest BCUT2D eigenvalue weighted by Gasteiger charge is 2.12. The van der Waals surface area contributed by atoms with Gasteiger partial charge in [-0.1, -0.05) is 99.0 Å². The maximum atomic E-state index is 3.96. The number of nitrogens with zero attached hydrogens (tertiary/aromatic N) is 1. The van der Waals surface area contributed by atoms with Gasteiger partial charge in [0.25, 0.3) is 0 Å². The van der Waals surface area contributed by atoms with Gasteiger partial charge in [-0.15, -0.1) is 0 Å². The topological polar surface area (TPSA) is 3.24 Å². The standard InChI is InChI=1S/C31H31N/c1-5-9-14-26(8-4)28-19-23-31(24-20-28)32(29-15-11-10-12-16-29)30-21-17-27(18-22-30)25(7-3)13-6-2/h5,7-24H,1,3,6H2,2,4H3/b14-9-,25-13+,26-8+. The van der Waals surface area contributed by atoms with Crippen molar-refractivity contribution in [2.45, 2.75) is 20.3 Å². The van der Waals surface area contributed by atoms with Crippen LogP contribution in [-0.4, -0.2) is 0 Å². The lowest BCUT2D eigenvalue weighted by Crippen LogP contribution is -2.09. The minimum Gasteiger partial charge on any atom is -0.311 e. The minimum atomic E-state index is 0.988. The van der Waals surface area contributed by atoms with Gasteiger partial charge in [0, 0.05) is 17.1 Å². The van der Waals surface area contributed by atoms with Crippen LogP contribution in [0.1, 0.15) is 31.4 Å². The lowest BCUT2D eigenvalue weighted by Gasteiger charge is -2.26. The highest BCUT2D eigenvalue weighted by atomic mass is 15.1. The largest absolute Gasteiger partial charge is 0.311 e. The Morgan fingerprint density at radius 3 is 1.75 bits per heavy atom. The molecule has 3 aromatic carbocycles. The average molecular weight is 418 g/mol. The molecule has 1 nitrogen and oxygen atoms in total. The molecule has 0 aromatic heterocycles. The van der Waals surface area contributed by atoms with Crippen LogP contribution in [-0.2, 0) is 0 Å². The zero-order valence-corrected chi connectivity index (χ0v) is 19.0. The zero-order valence-electron chi connectivity index (χ0n) is 19.0. The molecule has 3 rings (SSSR count). The van der Waals surface area contributed by atoms with Crippen molar-refractivity contribution in [2.24, 2.45) is 0 Å². The molecule has 0 spiro atoms. The van der Waals surface area contributed by atoms with E-state index in [9.17, 15) is 0 Å². The predicted molar refractivity (Wildman–Crippen MR) is 143 cm³/mol. The Balaban J connectivity index is 2.01. The number of rotatable bonds is 9. The molecule has 0 aliphatic heterocycles. The maximum Gasteiger partial charge on any atom is 0.0462 e. The van der Waals surface area contributed by atoms with Crippen LogP contribution in [0.15, 0.2) is 128 Å². The second kappa shape index (κ2) is 11.5. The van der Waals surface area contributed by atoms with Crippen LogP contribution in [0.25, 0.3) is 11.1 Å². The van der Waals surface area contributed by atoms with E-state index in [2.05, 4.69) is 123 Å². The van der Waals surface area contributed by atoms with Crippen LogP contribution < -0.4 is 4.90 Å². The maximum absolute atomic E-state index is 3.96. The molecule has 0 amide bonds. The van der Waals surface area contributed by atoms with Gasteiger partial charge < -0.3 is 4.90 Å². The van der Waals surface area contributed by atoms with E-state index in [1.807, 2.05) is 18.2 Å². The van der Waals surface area contributed by atoms with Crippen LogP contribution in [0.2, 0.25) is 0 Å². The van der Waals surface area contributed by atoms with E-state index in [-0.39, 0.29) is 0 Å². The monoisotopic (exact) mass is 417 g/mol. The normalized spacial score (nSPS) is 12.1. The summed E-state index contributed by atoms with van der Waals surface area (Å²) in [5.74, 6) is 0. The van der Waals surface area contributed by atoms with Gasteiger partial charge in [-0.2, -0.15) is 0 Å². The molecule has 0 saturated heterocycles. The summed E-state index contributed by atoms with van der Waals surface area (Å²) < 4.78 is 0. The number of benzene rings is 3. The van der Waals surface area contributed by atoms with E-state index in [0.29, 0.717) is 0 Å². The molecule has 0 aliphatic carbocycles. The summed E-state index contributed by atoms with van der Waals surface area (Å²) in [6, 6.07) is 27.8. The van der Waals surface area contributed by atoms with Gasteiger partial charge in [-0.05, 0) is 72.0 Å². The predicted octanol–water partition coefficient (Wildman–Crippen LogP) is 9.28. The van der Waals surface area contributed by atoms with E-state index in [4.69, 9.17) is 0 Å². The number of para-hydroxylation sites is 1. The number of hydrogen-bond donors (Lipinski definition) is 0. The summed E-state index contributed by atoms with van der Waals surface area (Å²) in [5, 5.41) is 0. The minimum absolute atomic E-state index is 0.988. The molecule has 0 bridgehead atoms. The van der Waals surface area contributed by atoms with Crippen LogP contribution in [0.5, 0.6) is 0 Å². The van der Waals surface area contributed by atoms with Crippen LogP contribution in [0.3, 0.4) is 0 Å². The lowest BCUT2D eigenvalue weighted by molar-refractivity contribution is 1.23. The molecule has 0 radical (unpaired) electrons. The van der Waals surface area contributed by atoms with Crippen LogP contribution in [0, 0.1) is 0 Å². The number of allylic oxidation sites excluding steroid dienone is 8. The smallest absolute Gasteiger partial charge is 0.0462 e. The Labute approximate surface area is 193 Å². The van der Waals surface area contributed by atoms with Crippen molar-refractivity contribution < 1.29 is 0 Å². The third kappa shape index (κ3) is 5.44. The van der Waals surface area contributed by atoms with E-state index in [1.165, 1.54) is 22.3 Å². The molecule has 3 aromatic rings. The quantitative estimate of drug-likeness (QED) is 0.313. The Hall–Kier alpha value is -3.84. The van der Waals surface area contributed by atoms with Crippen molar-refractivity contribution in [3.05, 3.63) is 140 Å². The fourth-order valence-electron chi connectivity index (χ4n) is 3.70. The summed E-state index contributed by atoms with van der Waals surface area (Å²) in [4.78, 5) is 2.28. The molecule has 0 saturated carbocycles. The van der Waals surface area contributed by atoms with Crippen LogP contribution >= 0.6 is 0 Å².